The third-order valence-corrected chi connectivity index (χ3v) is 5.54. The van der Waals surface area contributed by atoms with E-state index in [-0.39, 0.29) is 17.4 Å². The zero-order valence-electron chi connectivity index (χ0n) is 16.6. The summed E-state index contributed by atoms with van der Waals surface area (Å²) in [6.45, 7) is 0.307. The molecule has 7 nitrogen and oxygen atoms in total. The van der Waals surface area contributed by atoms with E-state index in [1.807, 2.05) is 36.5 Å². The third kappa shape index (κ3) is 4.13. The fourth-order valence-electron chi connectivity index (χ4n) is 3.36. The van der Waals surface area contributed by atoms with Crippen molar-refractivity contribution in [3.63, 3.8) is 0 Å². The summed E-state index contributed by atoms with van der Waals surface area (Å²) in [5, 5.41) is 4.98. The van der Waals surface area contributed by atoms with Gasteiger partial charge >= 0.3 is 0 Å². The van der Waals surface area contributed by atoms with Crippen LogP contribution < -0.4 is 0 Å². The molecule has 0 aliphatic rings. The van der Waals surface area contributed by atoms with Gasteiger partial charge in [0.25, 0.3) is 5.91 Å². The lowest BCUT2D eigenvalue weighted by molar-refractivity contribution is 0.0754. The SMILES string of the molecule is CN(Cc1cnn(-c2ccccc2)c1)C(=O)c1oc2ccccc2c1CS(C)(=O)=O. The van der Waals surface area contributed by atoms with E-state index in [9.17, 15) is 13.2 Å². The molecule has 0 unspecified atom stereocenters. The highest BCUT2D eigenvalue weighted by atomic mass is 32.2. The molecule has 0 atom stereocenters. The lowest BCUT2D eigenvalue weighted by atomic mass is 10.1. The highest BCUT2D eigenvalue weighted by Crippen LogP contribution is 2.28. The lowest BCUT2D eigenvalue weighted by Crippen LogP contribution is -2.26. The van der Waals surface area contributed by atoms with Gasteiger partial charge in [0.1, 0.15) is 5.58 Å². The van der Waals surface area contributed by atoms with Crippen molar-refractivity contribution < 1.29 is 17.6 Å². The molecule has 30 heavy (non-hydrogen) atoms. The molecule has 4 aromatic rings. The average Bonchev–Trinajstić information content (AvgIpc) is 3.32. The molecule has 0 radical (unpaired) electrons. The summed E-state index contributed by atoms with van der Waals surface area (Å²) in [5.41, 5.74) is 2.65. The summed E-state index contributed by atoms with van der Waals surface area (Å²) in [5.74, 6) is -0.581. The Labute approximate surface area is 174 Å². The number of furan rings is 1. The van der Waals surface area contributed by atoms with Crippen molar-refractivity contribution in [1.29, 1.82) is 0 Å². The van der Waals surface area contributed by atoms with Gasteiger partial charge in [0.2, 0.25) is 0 Å². The summed E-state index contributed by atoms with van der Waals surface area (Å²) in [6, 6.07) is 16.7. The number of hydrogen-bond acceptors (Lipinski definition) is 5. The van der Waals surface area contributed by atoms with E-state index < -0.39 is 9.84 Å². The smallest absolute Gasteiger partial charge is 0.289 e. The van der Waals surface area contributed by atoms with Gasteiger partial charge in [-0.1, -0.05) is 36.4 Å². The number of rotatable bonds is 6. The Balaban J connectivity index is 1.61. The van der Waals surface area contributed by atoms with Gasteiger partial charge < -0.3 is 9.32 Å². The maximum atomic E-state index is 13.1. The van der Waals surface area contributed by atoms with Gasteiger partial charge in [-0.15, -0.1) is 0 Å². The Kier molecular flexibility index (Phi) is 5.17. The molecule has 0 spiro atoms. The quantitative estimate of drug-likeness (QED) is 0.474. The number of sulfone groups is 1. The van der Waals surface area contributed by atoms with Gasteiger partial charge in [0.05, 0.1) is 17.6 Å². The maximum absolute atomic E-state index is 13.1. The van der Waals surface area contributed by atoms with E-state index in [0.29, 0.717) is 23.1 Å². The second-order valence-corrected chi connectivity index (χ2v) is 9.41. The number of carbonyl (C=O) groups excluding carboxylic acids is 1. The van der Waals surface area contributed by atoms with Crippen LogP contribution in [0.5, 0.6) is 0 Å². The second-order valence-electron chi connectivity index (χ2n) is 7.27. The zero-order valence-corrected chi connectivity index (χ0v) is 17.5. The maximum Gasteiger partial charge on any atom is 0.289 e. The molecule has 0 bridgehead atoms. The fraction of sp³-hybridized carbons (Fsp3) is 0.182. The highest BCUT2D eigenvalue weighted by molar-refractivity contribution is 7.89. The standard InChI is InChI=1S/C22H21N3O4S/c1-24(13-16-12-23-25(14-16)17-8-4-3-5-9-17)22(26)21-19(15-30(2,27)28)18-10-6-7-11-20(18)29-21/h3-12,14H,13,15H2,1-2H3. The van der Waals surface area contributed by atoms with Crippen LogP contribution in [0.25, 0.3) is 16.7 Å². The Morgan fingerprint density at radius 3 is 2.53 bits per heavy atom. The molecule has 8 heteroatoms. The van der Waals surface area contributed by atoms with Crippen LogP contribution in [-0.2, 0) is 22.1 Å². The summed E-state index contributed by atoms with van der Waals surface area (Å²) >= 11 is 0. The van der Waals surface area contributed by atoms with Crippen molar-refractivity contribution >= 4 is 26.7 Å². The number of aromatic nitrogens is 2. The molecular formula is C22H21N3O4S. The van der Waals surface area contributed by atoms with Gasteiger partial charge in [-0.3, -0.25) is 4.79 Å². The van der Waals surface area contributed by atoms with Crippen LogP contribution in [0.4, 0.5) is 0 Å². The first-order chi connectivity index (χ1) is 14.3. The first-order valence-electron chi connectivity index (χ1n) is 9.34. The molecule has 0 fully saturated rings. The largest absolute Gasteiger partial charge is 0.451 e. The predicted octanol–water partition coefficient (Wildman–Crippen LogP) is 3.44. The minimum Gasteiger partial charge on any atom is -0.451 e. The van der Waals surface area contributed by atoms with Crippen LogP contribution in [0, 0.1) is 0 Å². The van der Waals surface area contributed by atoms with Gasteiger partial charge in [-0.25, -0.2) is 13.1 Å². The van der Waals surface area contributed by atoms with Crippen molar-refractivity contribution in [1.82, 2.24) is 14.7 Å². The number of fused-ring (bicyclic) bond motifs is 1. The first-order valence-corrected chi connectivity index (χ1v) is 11.4. The normalized spacial score (nSPS) is 11.7. The summed E-state index contributed by atoms with van der Waals surface area (Å²) < 4.78 is 31.4. The molecule has 2 aromatic heterocycles. The van der Waals surface area contributed by atoms with Crippen molar-refractivity contribution in [2.75, 3.05) is 13.3 Å². The van der Waals surface area contributed by atoms with Crippen molar-refractivity contribution in [2.45, 2.75) is 12.3 Å². The fourth-order valence-corrected chi connectivity index (χ4v) is 4.17. The molecule has 1 amide bonds. The topological polar surface area (TPSA) is 85.4 Å². The van der Waals surface area contributed by atoms with E-state index >= 15 is 0 Å². The monoisotopic (exact) mass is 423 g/mol. The Bertz CT molecular complexity index is 1310. The van der Waals surface area contributed by atoms with E-state index in [4.69, 9.17) is 4.42 Å². The van der Waals surface area contributed by atoms with Crippen LogP contribution in [0.3, 0.4) is 0 Å². The number of nitrogens with zero attached hydrogens (tertiary/aromatic N) is 3. The van der Waals surface area contributed by atoms with Crippen LogP contribution in [0.1, 0.15) is 21.7 Å². The molecule has 0 aliphatic carbocycles. The summed E-state index contributed by atoms with van der Waals surface area (Å²) in [4.78, 5) is 14.6. The Morgan fingerprint density at radius 2 is 1.80 bits per heavy atom. The minimum absolute atomic E-state index is 0.0552. The highest BCUT2D eigenvalue weighted by Gasteiger charge is 2.25. The second kappa shape index (κ2) is 7.79. The molecule has 4 rings (SSSR count). The van der Waals surface area contributed by atoms with Crippen LogP contribution in [0.2, 0.25) is 0 Å². The minimum atomic E-state index is -3.35. The van der Waals surface area contributed by atoms with E-state index in [1.165, 1.54) is 4.90 Å². The average molecular weight is 423 g/mol. The van der Waals surface area contributed by atoms with Crippen molar-refractivity contribution in [3.05, 3.63) is 83.9 Å². The van der Waals surface area contributed by atoms with Crippen molar-refractivity contribution in [3.8, 4) is 5.69 Å². The number of benzene rings is 2. The zero-order chi connectivity index (χ0) is 21.3. The molecule has 0 saturated heterocycles. The van der Waals surface area contributed by atoms with Gasteiger partial charge in [0.15, 0.2) is 15.6 Å². The van der Waals surface area contributed by atoms with E-state index in [2.05, 4.69) is 5.10 Å². The molecule has 154 valence electrons. The predicted molar refractivity (Wildman–Crippen MR) is 114 cm³/mol. The number of carbonyl (C=O) groups is 1. The first kappa shape index (κ1) is 19.9. The Hall–Kier alpha value is -3.39. The molecule has 0 saturated carbocycles. The molecule has 2 heterocycles. The lowest BCUT2D eigenvalue weighted by Gasteiger charge is -2.15. The third-order valence-electron chi connectivity index (χ3n) is 4.72. The van der Waals surface area contributed by atoms with Crippen LogP contribution in [-0.4, -0.2) is 42.3 Å². The van der Waals surface area contributed by atoms with Gasteiger partial charge in [-0.05, 0) is 18.2 Å². The summed E-state index contributed by atoms with van der Waals surface area (Å²) in [7, 11) is -1.70. The van der Waals surface area contributed by atoms with Crippen molar-refractivity contribution in [2.24, 2.45) is 0 Å². The van der Waals surface area contributed by atoms with Crippen LogP contribution in [0.15, 0.2) is 71.4 Å². The number of para-hydroxylation sites is 2. The number of hydrogen-bond donors (Lipinski definition) is 0. The molecule has 0 N–H and O–H groups in total. The summed E-state index contributed by atoms with van der Waals surface area (Å²) in [6.07, 6.45) is 4.70. The van der Waals surface area contributed by atoms with E-state index in [0.717, 1.165) is 17.5 Å². The van der Waals surface area contributed by atoms with Gasteiger partial charge in [-0.2, -0.15) is 5.10 Å². The van der Waals surface area contributed by atoms with Crippen LogP contribution >= 0.6 is 0 Å². The Morgan fingerprint density at radius 1 is 1.10 bits per heavy atom. The molecule has 2 aromatic carbocycles. The molecular weight excluding hydrogens is 402 g/mol. The van der Waals surface area contributed by atoms with Gasteiger partial charge in [0, 0.05) is 42.6 Å². The molecule has 0 aliphatic heterocycles. The van der Waals surface area contributed by atoms with E-state index in [1.54, 1.807) is 42.2 Å². The number of amides is 1.